The maximum atomic E-state index is 13.2. The third-order valence-corrected chi connectivity index (χ3v) is 7.01. The summed E-state index contributed by atoms with van der Waals surface area (Å²) in [6, 6.07) is 0.172. The van der Waals surface area contributed by atoms with E-state index in [0.717, 1.165) is 25.7 Å². The van der Waals surface area contributed by atoms with Crippen molar-refractivity contribution in [3.8, 4) is 0 Å². The van der Waals surface area contributed by atoms with Crippen LogP contribution < -0.4 is 21.7 Å². The van der Waals surface area contributed by atoms with Gasteiger partial charge in [-0.05, 0) is 25.7 Å². The lowest BCUT2D eigenvalue weighted by atomic mass is 9.92. The van der Waals surface area contributed by atoms with Crippen molar-refractivity contribution >= 4 is 29.4 Å². The molecule has 9 nitrogen and oxygen atoms in total. The maximum absolute atomic E-state index is 13.2. The van der Waals surface area contributed by atoms with E-state index < -0.39 is 0 Å². The zero-order chi connectivity index (χ0) is 17.8. The molecule has 1 aliphatic carbocycles. The summed E-state index contributed by atoms with van der Waals surface area (Å²) in [5, 5.41) is -0.380. The quantitative estimate of drug-likeness (QED) is 0.491. The van der Waals surface area contributed by atoms with Gasteiger partial charge < -0.3 is 19.1 Å². The number of nitrogens with one attached hydrogen (secondary N) is 4. The second-order valence-corrected chi connectivity index (χ2v) is 8.45. The molecule has 3 rings (SSSR count). The molecule has 0 radical (unpaired) electrons. The monoisotopic (exact) mass is 393 g/mol. The number of hydrogen-bond acceptors (Lipinski definition) is 10. The molecule has 2 saturated heterocycles. The predicted octanol–water partition coefficient (Wildman–Crippen LogP) is -0.0757. The molecule has 144 valence electrons. The first-order valence-electron chi connectivity index (χ1n) is 8.40. The number of nitrogens with zero attached hydrogens (tertiary/aromatic N) is 1. The highest BCUT2D eigenvalue weighted by Gasteiger charge is 2.42. The molecule has 4 N–H and O–H groups in total. The van der Waals surface area contributed by atoms with E-state index in [2.05, 4.69) is 21.7 Å². The summed E-state index contributed by atoms with van der Waals surface area (Å²) in [4.78, 5) is 15.2. The number of carbonyl (C=O) groups excluding carboxylic acids is 1. The summed E-state index contributed by atoms with van der Waals surface area (Å²) in [6.45, 7) is 0. The first-order chi connectivity index (χ1) is 12.2. The molecule has 25 heavy (non-hydrogen) atoms. The second-order valence-electron chi connectivity index (χ2n) is 6.13. The molecule has 0 aromatic carbocycles. The van der Waals surface area contributed by atoms with Crippen LogP contribution in [0.4, 0.5) is 0 Å². The fraction of sp³-hybridized carbons (Fsp3) is 0.929. The van der Waals surface area contributed by atoms with Crippen LogP contribution in [-0.2, 0) is 19.0 Å². The molecule has 1 amide bonds. The molecule has 1 saturated carbocycles. The summed E-state index contributed by atoms with van der Waals surface area (Å²) < 4.78 is 16.1. The molecule has 0 spiro atoms. The average molecular weight is 394 g/mol. The molecule has 0 aromatic rings. The van der Waals surface area contributed by atoms with Crippen LogP contribution in [0.5, 0.6) is 0 Å². The van der Waals surface area contributed by atoms with Crippen molar-refractivity contribution in [2.24, 2.45) is 0 Å². The molecule has 4 atom stereocenters. The fourth-order valence-electron chi connectivity index (χ4n) is 3.33. The lowest BCUT2D eigenvalue weighted by Crippen LogP contribution is -2.57. The topological polar surface area (TPSA) is 96.1 Å². The number of hydrogen-bond donors (Lipinski definition) is 4. The Labute approximate surface area is 156 Å². The first-order valence-corrected chi connectivity index (χ1v) is 10.3. The van der Waals surface area contributed by atoms with Crippen molar-refractivity contribution in [2.45, 2.75) is 59.8 Å². The smallest absolute Gasteiger partial charge is 0.253 e. The van der Waals surface area contributed by atoms with Crippen LogP contribution in [0.2, 0.25) is 0 Å². The van der Waals surface area contributed by atoms with Crippen LogP contribution in [0.3, 0.4) is 0 Å². The van der Waals surface area contributed by atoms with Crippen molar-refractivity contribution in [2.75, 3.05) is 21.3 Å². The minimum Gasteiger partial charge on any atom is -0.381 e. The molecule has 11 heteroatoms. The van der Waals surface area contributed by atoms with E-state index in [1.54, 1.807) is 33.1 Å². The Bertz CT molecular complexity index is 455. The largest absolute Gasteiger partial charge is 0.381 e. The van der Waals surface area contributed by atoms with Crippen LogP contribution in [0.1, 0.15) is 25.7 Å². The van der Waals surface area contributed by atoms with Crippen LogP contribution in [0.15, 0.2) is 0 Å². The lowest BCUT2D eigenvalue weighted by Gasteiger charge is -2.40. The SMILES string of the molecule is COC1CCC(N(C(=O)C2NNC(OC)S2)C2NNC(OC)S2)CC1. The van der Waals surface area contributed by atoms with Gasteiger partial charge in [0.25, 0.3) is 5.91 Å². The van der Waals surface area contributed by atoms with Crippen LogP contribution in [0, 0.1) is 0 Å². The summed E-state index contributed by atoms with van der Waals surface area (Å²) in [6.07, 6.45) is 4.08. The third kappa shape index (κ3) is 4.60. The number of thioether (sulfide) groups is 2. The molecular formula is C14H27N5O4S2. The van der Waals surface area contributed by atoms with Gasteiger partial charge in [0.1, 0.15) is 10.9 Å². The van der Waals surface area contributed by atoms with E-state index in [1.165, 1.54) is 11.8 Å². The van der Waals surface area contributed by atoms with Gasteiger partial charge in [0.2, 0.25) is 0 Å². The highest BCUT2D eigenvalue weighted by Crippen LogP contribution is 2.33. The number of methoxy groups -OCH3 is 3. The van der Waals surface area contributed by atoms with Gasteiger partial charge in [-0.1, -0.05) is 23.5 Å². The van der Waals surface area contributed by atoms with Gasteiger partial charge in [-0.2, -0.15) is 0 Å². The van der Waals surface area contributed by atoms with Crippen LogP contribution in [-0.4, -0.2) is 66.3 Å². The first kappa shape index (κ1) is 19.6. The summed E-state index contributed by atoms with van der Waals surface area (Å²) >= 11 is 2.99. The second kappa shape index (κ2) is 9.20. The Morgan fingerprint density at radius 3 is 2.08 bits per heavy atom. The molecule has 3 aliphatic rings. The molecule has 2 heterocycles. The van der Waals surface area contributed by atoms with Gasteiger partial charge in [-0.25, -0.2) is 21.7 Å². The van der Waals surface area contributed by atoms with E-state index >= 15 is 0 Å². The fourth-order valence-corrected chi connectivity index (χ4v) is 5.22. The van der Waals surface area contributed by atoms with Crippen molar-refractivity contribution in [1.82, 2.24) is 26.6 Å². The molecule has 4 unspecified atom stereocenters. The molecule has 2 aliphatic heterocycles. The van der Waals surface area contributed by atoms with Crippen molar-refractivity contribution in [3.05, 3.63) is 0 Å². The minimum absolute atomic E-state index is 0.0430. The number of rotatable bonds is 6. The zero-order valence-electron chi connectivity index (χ0n) is 14.7. The highest BCUT2D eigenvalue weighted by molar-refractivity contribution is 8.01. The van der Waals surface area contributed by atoms with Crippen molar-refractivity contribution < 1.29 is 19.0 Å². The Morgan fingerprint density at radius 1 is 0.880 bits per heavy atom. The third-order valence-electron chi connectivity index (χ3n) is 4.70. The Morgan fingerprint density at radius 2 is 1.52 bits per heavy atom. The molecule has 3 fully saturated rings. The summed E-state index contributed by atoms with van der Waals surface area (Å²) in [7, 11) is 5.02. The van der Waals surface area contributed by atoms with Gasteiger partial charge in [0.05, 0.1) is 6.10 Å². The maximum Gasteiger partial charge on any atom is 0.253 e. The van der Waals surface area contributed by atoms with E-state index in [1.807, 2.05) is 4.90 Å². The standard InChI is InChI=1S/C14H27N5O4S2/c1-21-9-6-4-8(5-7-9)19(12-16-18-14(23-3)25-12)11(20)10-15-17-13(22-2)24-10/h8-10,12-18H,4-7H2,1-3H3. The number of amides is 1. The highest BCUT2D eigenvalue weighted by atomic mass is 32.2. The van der Waals surface area contributed by atoms with Gasteiger partial charge in [0.15, 0.2) is 11.1 Å². The molecule has 0 aromatic heterocycles. The van der Waals surface area contributed by atoms with E-state index in [0.29, 0.717) is 6.10 Å². The van der Waals surface area contributed by atoms with Crippen LogP contribution in [0.25, 0.3) is 0 Å². The lowest BCUT2D eigenvalue weighted by molar-refractivity contribution is -0.136. The Balaban J connectivity index is 1.69. The van der Waals surface area contributed by atoms with Crippen molar-refractivity contribution in [3.63, 3.8) is 0 Å². The van der Waals surface area contributed by atoms with E-state index in [9.17, 15) is 4.79 Å². The normalized spacial score (nSPS) is 38.8. The Hall–Kier alpha value is -0.110. The number of ether oxygens (including phenoxy) is 3. The van der Waals surface area contributed by atoms with Crippen molar-refractivity contribution in [1.29, 1.82) is 0 Å². The van der Waals surface area contributed by atoms with E-state index in [-0.39, 0.29) is 33.9 Å². The summed E-state index contributed by atoms with van der Waals surface area (Å²) in [5.41, 5.74) is 11.7. The van der Waals surface area contributed by atoms with Gasteiger partial charge in [-0.3, -0.25) is 4.79 Å². The number of carbonyl (C=O) groups is 1. The zero-order valence-corrected chi connectivity index (χ0v) is 16.3. The van der Waals surface area contributed by atoms with Crippen LogP contribution >= 0.6 is 23.5 Å². The van der Waals surface area contributed by atoms with E-state index in [4.69, 9.17) is 14.2 Å². The predicted molar refractivity (Wildman–Crippen MR) is 96.8 cm³/mol. The number of hydrazine groups is 2. The average Bonchev–Trinajstić information content (AvgIpc) is 3.32. The molecule has 0 bridgehead atoms. The minimum atomic E-state index is -0.380. The van der Waals surface area contributed by atoms with Gasteiger partial charge in [-0.15, -0.1) is 0 Å². The van der Waals surface area contributed by atoms with Gasteiger partial charge in [0, 0.05) is 27.4 Å². The Kier molecular flexibility index (Phi) is 7.23. The molecular weight excluding hydrogens is 366 g/mol. The van der Waals surface area contributed by atoms with Gasteiger partial charge >= 0.3 is 0 Å². The summed E-state index contributed by atoms with van der Waals surface area (Å²) in [5.74, 6) is 0.0430.